The van der Waals surface area contributed by atoms with Crippen LogP contribution >= 0.6 is 36.2 Å². The standard InChI is InChI=1S/C26H39N3S.2ClH/c1-6-7-12-28-13-15-29(16-14-28)24-18-25-23(27-19(2)30-25)17-22(24)20-8-10-21(11-9-20)26(3,4)5;;/h8,17-18,21H,6-7,9-16H2,1-5H3;2*1H. The zero-order chi connectivity index (χ0) is 21.3. The van der Waals surface area contributed by atoms with Crippen LogP contribution in [0, 0.1) is 18.3 Å². The summed E-state index contributed by atoms with van der Waals surface area (Å²) in [6, 6.07) is 4.83. The molecule has 2 heterocycles. The molecule has 0 bridgehead atoms. The number of fused-ring (bicyclic) bond motifs is 1. The Morgan fingerprint density at radius 3 is 2.41 bits per heavy atom. The summed E-state index contributed by atoms with van der Waals surface area (Å²) in [4.78, 5) is 10.1. The van der Waals surface area contributed by atoms with Gasteiger partial charge in [-0.1, -0.05) is 40.2 Å². The van der Waals surface area contributed by atoms with E-state index in [9.17, 15) is 0 Å². The van der Waals surface area contributed by atoms with E-state index < -0.39 is 0 Å². The van der Waals surface area contributed by atoms with Gasteiger partial charge in [0.1, 0.15) is 0 Å². The first kappa shape index (κ1) is 27.4. The van der Waals surface area contributed by atoms with Gasteiger partial charge in [0.15, 0.2) is 0 Å². The minimum Gasteiger partial charge on any atom is -0.368 e. The maximum absolute atomic E-state index is 4.82. The maximum Gasteiger partial charge on any atom is 0.0907 e. The molecule has 4 rings (SSSR count). The topological polar surface area (TPSA) is 19.4 Å². The van der Waals surface area contributed by atoms with E-state index in [4.69, 9.17) is 4.98 Å². The molecular formula is C26H41Cl2N3S. The lowest BCUT2D eigenvalue weighted by Gasteiger charge is -2.38. The van der Waals surface area contributed by atoms with Gasteiger partial charge < -0.3 is 4.90 Å². The van der Waals surface area contributed by atoms with Crippen LogP contribution in [0.15, 0.2) is 18.2 Å². The van der Waals surface area contributed by atoms with Crippen molar-refractivity contribution < 1.29 is 0 Å². The van der Waals surface area contributed by atoms with E-state index in [0.29, 0.717) is 5.41 Å². The van der Waals surface area contributed by atoms with Crippen LogP contribution in [0.1, 0.15) is 70.4 Å². The molecule has 32 heavy (non-hydrogen) atoms. The van der Waals surface area contributed by atoms with Crippen LogP contribution in [0.4, 0.5) is 5.69 Å². The van der Waals surface area contributed by atoms with E-state index in [-0.39, 0.29) is 24.8 Å². The van der Waals surface area contributed by atoms with E-state index in [0.717, 1.165) is 19.0 Å². The summed E-state index contributed by atoms with van der Waals surface area (Å²) < 4.78 is 1.34. The lowest BCUT2D eigenvalue weighted by atomic mass is 9.72. The molecule has 1 aromatic heterocycles. The Morgan fingerprint density at radius 2 is 1.81 bits per heavy atom. The Bertz CT molecular complexity index is 908. The minimum absolute atomic E-state index is 0. The number of hydrogen-bond acceptors (Lipinski definition) is 4. The number of thiazole rings is 1. The summed E-state index contributed by atoms with van der Waals surface area (Å²) in [6.07, 6.45) is 8.85. The van der Waals surface area contributed by atoms with Crippen molar-refractivity contribution in [3.63, 3.8) is 0 Å². The number of nitrogens with zero attached hydrogens (tertiary/aromatic N) is 3. The molecule has 6 heteroatoms. The molecule has 1 saturated heterocycles. The number of aromatic nitrogens is 1. The van der Waals surface area contributed by atoms with Crippen molar-refractivity contribution in [3.8, 4) is 0 Å². The van der Waals surface area contributed by atoms with Crippen molar-refractivity contribution in [1.29, 1.82) is 0 Å². The molecule has 2 aromatic rings. The molecule has 1 atom stereocenters. The van der Waals surface area contributed by atoms with Gasteiger partial charge in [0, 0.05) is 37.4 Å². The lowest BCUT2D eigenvalue weighted by molar-refractivity contribution is 0.225. The Balaban J connectivity index is 0.00000181. The molecule has 1 unspecified atom stereocenters. The van der Waals surface area contributed by atoms with Crippen LogP contribution in [0.5, 0.6) is 0 Å². The van der Waals surface area contributed by atoms with Gasteiger partial charge in [0.25, 0.3) is 0 Å². The average Bonchev–Trinajstić information content (AvgIpc) is 3.10. The normalized spacial score (nSPS) is 20.0. The van der Waals surface area contributed by atoms with Gasteiger partial charge in [-0.25, -0.2) is 4.98 Å². The summed E-state index contributed by atoms with van der Waals surface area (Å²) >= 11 is 1.83. The van der Waals surface area contributed by atoms with Gasteiger partial charge >= 0.3 is 0 Å². The van der Waals surface area contributed by atoms with Crippen molar-refractivity contribution in [3.05, 3.63) is 28.8 Å². The third-order valence-corrected chi connectivity index (χ3v) is 8.07. The van der Waals surface area contributed by atoms with Gasteiger partial charge in [-0.2, -0.15) is 0 Å². The average molecular weight is 499 g/mol. The van der Waals surface area contributed by atoms with Crippen LogP contribution in [0.2, 0.25) is 0 Å². The number of hydrogen-bond donors (Lipinski definition) is 0. The van der Waals surface area contributed by atoms with Crippen LogP contribution in [-0.4, -0.2) is 42.6 Å². The number of rotatable bonds is 5. The fraction of sp³-hybridized carbons (Fsp3) is 0.654. The third kappa shape index (κ3) is 6.20. The highest BCUT2D eigenvalue weighted by molar-refractivity contribution is 7.18. The van der Waals surface area contributed by atoms with Gasteiger partial charge in [-0.05, 0) is 68.2 Å². The first-order valence-corrected chi connectivity index (χ1v) is 12.7. The predicted molar refractivity (Wildman–Crippen MR) is 147 cm³/mol. The molecular weight excluding hydrogens is 457 g/mol. The SMILES string of the molecule is CCCCN1CCN(c2cc3sc(C)nc3cc2C2=CCC(C(C)(C)C)CC2)CC1.Cl.Cl. The molecule has 0 amide bonds. The van der Waals surface area contributed by atoms with E-state index >= 15 is 0 Å². The summed E-state index contributed by atoms with van der Waals surface area (Å²) in [5.74, 6) is 0.789. The van der Waals surface area contributed by atoms with E-state index in [1.807, 2.05) is 11.3 Å². The number of allylic oxidation sites excluding steroid dienone is 2. The zero-order valence-electron chi connectivity index (χ0n) is 20.4. The minimum atomic E-state index is 0. The molecule has 1 aliphatic heterocycles. The van der Waals surface area contributed by atoms with Gasteiger partial charge in [-0.15, -0.1) is 36.2 Å². The zero-order valence-corrected chi connectivity index (χ0v) is 22.9. The second-order valence-electron chi connectivity index (χ2n) is 10.3. The molecule has 0 radical (unpaired) electrons. The molecule has 0 saturated carbocycles. The molecule has 1 aliphatic carbocycles. The van der Waals surface area contributed by atoms with Crippen molar-refractivity contribution in [2.24, 2.45) is 11.3 Å². The van der Waals surface area contributed by atoms with Crippen molar-refractivity contribution in [2.75, 3.05) is 37.6 Å². The van der Waals surface area contributed by atoms with Crippen molar-refractivity contribution in [2.45, 2.75) is 66.7 Å². The van der Waals surface area contributed by atoms with Gasteiger partial charge in [0.2, 0.25) is 0 Å². The second kappa shape index (κ2) is 11.6. The highest BCUT2D eigenvalue weighted by Gasteiger charge is 2.28. The van der Waals surface area contributed by atoms with Gasteiger partial charge in [-0.3, -0.25) is 4.90 Å². The number of benzene rings is 1. The number of piperazine rings is 1. The third-order valence-electron chi connectivity index (χ3n) is 7.14. The van der Waals surface area contributed by atoms with Gasteiger partial charge in [0.05, 0.1) is 15.2 Å². The van der Waals surface area contributed by atoms with E-state index in [2.05, 4.69) is 62.6 Å². The second-order valence-corrected chi connectivity index (χ2v) is 11.6. The molecule has 0 N–H and O–H groups in total. The number of anilines is 1. The monoisotopic (exact) mass is 497 g/mol. The molecule has 1 fully saturated rings. The van der Waals surface area contributed by atoms with Crippen LogP contribution in [0.25, 0.3) is 15.8 Å². The predicted octanol–water partition coefficient (Wildman–Crippen LogP) is 7.60. The number of aryl methyl sites for hydroxylation is 1. The van der Waals surface area contributed by atoms with Crippen molar-refractivity contribution in [1.82, 2.24) is 9.88 Å². The Hall–Kier alpha value is -0.810. The highest BCUT2D eigenvalue weighted by atomic mass is 35.5. The summed E-state index contributed by atoms with van der Waals surface area (Å²) in [6.45, 7) is 17.5. The Morgan fingerprint density at radius 1 is 1.09 bits per heavy atom. The molecule has 0 spiro atoms. The fourth-order valence-corrected chi connectivity index (χ4v) is 5.90. The number of unbranched alkanes of at least 4 members (excludes halogenated alkanes) is 1. The summed E-state index contributed by atoms with van der Waals surface area (Å²) in [5, 5.41) is 1.17. The smallest absolute Gasteiger partial charge is 0.0907 e. The first-order valence-electron chi connectivity index (χ1n) is 11.9. The highest BCUT2D eigenvalue weighted by Crippen LogP contribution is 2.43. The molecule has 180 valence electrons. The Labute approximate surface area is 211 Å². The van der Waals surface area contributed by atoms with Crippen LogP contribution in [0.3, 0.4) is 0 Å². The fourth-order valence-electron chi connectivity index (χ4n) is 5.06. The maximum atomic E-state index is 4.82. The van der Waals surface area contributed by atoms with Crippen molar-refractivity contribution >= 4 is 57.6 Å². The van der Waals surface area contributed by atoms with E-state index in [1.165, 1.54) is 78.2 Å². The lowest BCUT2D eigenvalue weighted by Crippen LogP contribution is -2.46. The molecule has 3 nitrogen and oxygen atoms in total. The largest absolute Gasteiger partial charge is 0.368 e. The number of halogens is 2. The first-order chi connectivity index (χ1) is 14.3. The molecule has 2 aliphatic rings. The molecule has 1 aromatic carbocycles. The van der Waals surface area contributed by atoms with Crippen LogP contribution < -0.4 is 4.90 Å². The Kier molecular flexibility index (Phi) is 9.90. The van der Waals surface area contributed by atoms with Crippen LogP contribution in [-0.2, 0) is 0 Å². The van der Waals surface area contributed by atoms with E-state index in [1.54, 1.807) is 5.57 Å². The summed E-state index contributed by atoms with van der Waals surface area (Å²) in [7, 11) is 0. The quantitative estimate of drug-likeness (QED) is 0.423. The summed E-state index contributed by atoms with van der Waals surface area (Å²) in [5.41, 5.74) is 6.02.